The third-order valence-corrected chi connectivity index (χ3v) is 5.72. The van der Waals surface area contributed by atoms with E-state index in [9.17, 15) is 13.2 Å². The van der Waals surface area contributed by atoms with Crippen LogP contribution in [0.25, 0.3) is 0 Å². The molecule has 0 aromatic carbocycles. The van der Waals surface area contributed by atoms with Crippen LogP contribution in [0.1, 0.15) is 23.0 Å². The van der Waals surface area contributed by atoms with Gasteiger partial charge in [-0.3, -0.25) is 0 Å². The third-order valence-electron chi connectivity index (χ3n) is 3.11. The molecule has 0 spiro atoms. The number of hydrogen-bond donors (Lipinski definition) is 2. The Bertz CT molecular complexity index is 559. The minimum atomic E-state index is -3.67. The standard InChI is InChI=1S/C11H15NO5S2/c1-7(8-2-3-17-5-8)12-19(15,16)9-4-10(11(13)14)18-6-9/h4,6-8,12H,2-3,5H2,1H3,(H,13,14). The van der Waals surface area contributed by atoms with Gasteiger partial charge in [-0.05, 0) is 19.4 Å². The number of rotatable bonds is 5. The Morgan fingerprint density at radius 1 is 1.63 bits per heavy atom. The lowest BCUT2D eigenvalue weighted by molar-refractivity contribution is 0.0702. The number of hydrogen-bond acceptors (Lipinski definition) is 5. The number of carboxylic acids is 1. The summed E-state index contributed by atoms with van der Waals surface area (Å²) in [4.78, 5) is 10.8. The summed E-state index contributed by atoms with van der Waals surface area (Å²) in [5, 5.41) is 10.1. The molecule has 0 bridgehead atoms. The van der Waals surface area contributed by atoms with Crippen LogP contribution in [0.5, 0.6) is 0 Å². The fourth-order valence-corrected chi connectivity index (χ4v) is 4.35. The molecule has 1 aliphatic rings. The Morgan fingerprint density at radius 3 is 2.89 bits per heavy atom. The van der Waals surface area contributed by atoms with Crippen molar-refractivity contribution in [3.8, 4) is 0 Å². The zero-order chi connectivity index (χ0) is 14.0. The third kappa shape index (κ3) is 3.33. The first-order valence-electron chi connectivity index (χ1n) is 5.82. The van der Waals surface area contributed by atoms with Crippen molar-refractivity contribution in [2.45, 2.75) is 24.3 Å². The largest absolute Gasteiger partial charge is 0.477 e. The Morgan fingerprint density at radius 2 is 2.37 bits per heavy atom. The van der Waals surface area contributed by atoms with Crippen LogP contribution >= 0.6 is 11.3 Å². The molecule has 2 unspecified atom stereocenters. The normalized spacial score (nSPS) is 21.4. The molecule has 2 atom stereocenters. The Hall–Kier alpha value is -0.960. The van der Waals surface area contributed by atoms with Gasteiger partial charge in [-0.1, -0.05) is 0 Å². The summed E-state index contributed by atoms with van der Waals surface area (Å²) in [5.41, 5.74) is 0. The van der Waals surface area contributed by atoms with E-state index in [1.807, 2.05) is 0 Å². The molecule has 106 valence electrons. The second kappa shape index (κ2) is 5.58. The highest BCUT2D eigenvalue weighted by molar-refractivity contribution is 7.89. The van der Waals surface area contributed by atoms with Crippen LogP contribution in [0.2, 0.25) is 0 Å². The number of thiophene rings is 1. The predicted molar refractivity (Wildman–Crippen MR) is 70.0 cm³/mol. The van der Waals surface area contributed by atoms with Crippen LogP contribution in [0.3, 0.4) is 0 Å². The predicted octanol–water partition coefficient (Wildman–Crippen LogP) is 1.15. The molecule has 1 aromatic heterocycles. The highest BCUT2D eigenvalue weighted by atomic mass is 32.2. The van der Waals surface area contributed by atoms with Crippen LogP contribution in [-0.2, 0) is 14.8 Å². The van der Waals surface area contributed by atoms with E-state index in [4.69, 9.17) is 9.84 Å². The van der Waals surface area contributed by atoms with Gasteiger partial charge in [-0.25, -0.2) is 17.9 Å². The second-order valence-corrected chi connectivity index (χ2v) is 7.11. The molecule has 6 nitrogen and oxygen atoms in total. The van der Waals surface area contributed by atoms with E-state index in [-0.39, 0.29) is 21.7 Å². The molecule has 1 aliphatic heterocycles. The summed E-state index contributed by atoms with van der Waals surface area (Å²) in [7, 11) is -3.67. The van der Waals surface area contributed by atoms with Crippen molar-refractivity contribution in [3.63, 3.8) is 0 Å². The molecule has 0 saturated carbocycles. The van der Waals surface area contributed by atoms with Crippen molar-refractivity contribution in [2.75, 3.05) is 13.2 Å². The zero-order valence-electron chi connectivity index (χ0n) is 10.3. The molecular weight excluding hydrogens is 290 g/mol. The van der Waals surface area contributed by atoms with Gasteiger partial charge in [0.1, 0.15) is 4.88 Å². The first-order chi connectivity index (χ1) is 8.90. The minimum Gasteiger partial charge on any atom is -0.477 e. The summed E-state index contributed by atoms with van der Waals surface area (Å²) < 4.78 is 32.0. The van der Waals surface area contributed by atoms with Gasteiger partial charge in [-0.2, -0.15) is 0 Å². The van der Waals surface area contributed by atoms with Gasteiger partial charge in [0.25, 0.3) is 0 Å². The second-order valence-electron chi connectivity index (χ2n) is 4.49. The van der Waals surface area contributed by atoms with Gasteiger partial charge >= 0.3 is 5.97 Å². The van der Waals surface area contributed by atoms with E-state index < -0.39 is 16.0 Å². The minimum absolute atomic E-state index is 0.000616. The highest BCUT2D eigenvalue weighted by Gasteiger charge is 2.27. The van der Waals surface area contributed by atoms with E-state index in [0.29, 0.717) is 13.2 Å². The molecule has 0 radical (unpaired) electrons. The molecular formula is C11H15NO5S2. The molecule has 19 heavy (non-hydrogen) atoms. The van der Waals surface area contributed by atoms with Crippen molar-refractivity contribution in [3.05, 3.63) is 16.3 Å². The number of sulfonamides is 1. The topological polar surface area (TPSA) is 92.7 Å². The van der Waals surface area contributed by atoms with E-state index in [1.54, 1.807) is 6.92 Å². The Labute approximate surface area is 115 Å². The number of carbonyl (C=O) groups is 1. The van der Waals surface area contributed by atoms with Crippen molar-refractivity contribution < 1.29 is 23.1 Å². The van der Waals surface area contributed by atoms with Gasteiger partial charge < -0.3 is 9.84 Å². The van der Waals surface area contributed by atoms with E-state index in [2.05, 4.69) is 4.72 Å². The average molecular weight is 305 g/mol. The molecule has 2 N–H and O–H groups in total. The molecule has 0 aliphatic carbocycles. The monoisotopic (exact) mass is 305 g/mol. The summed E-state index contributed by atoms with van der Waals surface area (Å²) in [6.45, 7) is 2.99. The van der Waals surface area contributed by atoms with E-state index >= 15 is 0 Å². The summed E-state index contributed by atoms with van der Waals surface area (Å²) in [5.74, 6) is -0.962. The number of nitrogens with one attached hydrogen (secondary N) is 1. The van der Waals surface area contributed by atoms with E-state index in [1.165, 1.54) is 11.4 Å². The molecule has 1 saturated heterocycles. The number of aromatic carboxylic acids is 1. The quantitative estimate of drug-likeness (QED) is 0.851. The molecule has 2 rings (SSSR count). The van der Waals surface area contributed by atoms with Crippen LogP contribution in [0.4, 0.5) is 0 Å². The molecule has 1 fully saturated rings. The van der Waals surface area contributed by atoms with Crippen molar-refractivity contribution >= 4 is 27.3 Å². The maximum Gasteiger partial charge on any atom is 0.345 e. The van der Waals surface area contributed by atoms with Gasteiger partial charge in [0.15, 0.2) is 0 Å². The first-order valence-corrected chi connectivity index (χ1v) is 8.18. The van der Waals surface area contributed by atoms with E-state index in [0.717, 1.165) is 17.8 Å². The molecule has 0 amide bonds. The summed E-state index contributed by atoms with van der Waals surface area (Å²) >= 11 is 0.900. The zero-order valence-corrected chi connectivity index (χ0v) is 12.0. The summed E-state index contributed by atoms with van der Waals surface area (Å²) in [6, 6.07) is 0.938. The molecule has 8 heteroatoms. The molecule has 2 heterocycles. The maximum absolute atomic E-state index is 12.1. The Balaban J connectivity index is 2.10. The highest BCUT2D eigenvalue weighted by Crippen LogP contribution is 2.22. The van der Waals surface area contributed by atoms with Gasteiger partial charge in [0, 0.05) is 23.9 Å². The fraction of sp³-hybridized carbons (Fsp3) is 0.545. The molecule has 1 aromatic rings. The van der Waals surface area contributed by atoms with Crippen molar-refractivity contribution in [1.82, 2.24) is 4.72 Å². The SMILES string of the molecule is CC(NS(=O)(=O)c1csc(C(=O)O)c1)C1CCOC1. The van der Waals surface area contributed by atoms with Crippen LogP contribution in [-0.4, -0.2) is 38.7 Å². The van der Waals surface area contributed by atoms with Gasteiger partial charge in [0.05, 0.1) is 11.5 Å². The lowest BCUT2D eigenvalue weighted by Crippen LogP contribution is -2.38. The average Bonchev–Trinajstić information content (AvgIpc) is 3.00. The Kier molecular flexibility index (Phi) is 4.24. The van der Waals surface area contributed by atoms with Gasteiger partial charge in [0.2, 0.25) is 10.0 Å². The van der Waals surface area contributed by atoms with Gasteiger partial charge in [-0.15, -0.1) is 11.3 Å². The first kappa shape index (κ1) is 14.4. The maximum atomic E-state index is 12.1. The van der Waals surface area contributed by atoms with Crippen LogP contribution in [0.15, 0.2) is 16.3 Å². The lowest BCUT2D eigenvalue weighted by Gasteiger charge is -2.18. The lowest BCUT2D eigenvalue weighted by atomic mass is 10.0. The summed E-state index contributed by atoms with van der Waals surface area (Å²) in [6.07, 6.45) is 0.827. The van der Waals surface area contributed by atoms with Crippen molar-refractivity contribution in [2.24, 2.45) is 5.92 Å². The number of ether oxygens (including phenoxy) is 1. The fourth-order valence-electron chi connectivity index (χ4n) is 1.93. The number of carboxylic acid groups (broad SMARTS) is 1. The van der Waals surface area contributed by atoms with Crippen molar-refractivity contribution in [1.29, 1.82) is 0 Å². The van der Waals surface area contributed by atoms with Crippen LogP contribution in [0, 0.1) is 5.92 Å². The smallest absolute Gasteiger partial charge is 0.345 e. The van der Waals surface area contributed by atoms with Crippen LogP contribution < -0.4 is 4.72 Å².